The van der Waals surface area contributed by atoms with E-state index in [4.69, 9.17) is 4.74 Å². The van der Waals surface area contributed by atoms with Crippen LogP contribution in [-0.4, -0.2) is 18.0 Å². The van der Waals surface area contributed by atoms with Crippen LogP contribution in [0, 0.1) is 6.92 Å². The summed E-state index contributed by atoms with van der Waals surface area (Å²) < 4.78 is 6.34. The van der Waals surface area contributed by atoms with Crippen LogP contribution in [0.4, 0.5) is 11.4 Å². The molecule has 0 unspecified atom stereocenters. The van der Waals surface area contributed by atoms with Crippen LogP contribution in [0.15, 0.2) is 72.8 Å². The third-order valence-corrected chi connectivity index (χ3v) is 5.47. The Morgan fingerprint density at radius 2 is 1.83 bits per heavy atom. The van der Waals surface area contributed by atoms with Crippen molar-refractivity contribution in [3.05, 3.63) is 83.4 Å². The minimum Gasteiger partial charge on any atom is -0.497 e. The van der Waals surface area contributed by atoms with E-state index in [1.165, 1.54) is 0 Å². The molecule has 1 aromatic heterocycles. The molecule has 0 bridgehead atoms. The number of ether oxygens (including phenoxy) is 1. The average molecular weight is 404 g/mol. The fourth-order valence-corrected chi connectivity index (χ4v) is 4.02. The molecule has 1 heterocycles. The predicted molar refractivity (Wildman–Crippen MR) is 119 cm³/mol. The second-order valence-electron chi connectivity index (χ2n) is 6.62. The molecule has 6 heteroatoms. The van der Waals surface area contributed by atoms with E-state index >= 15 is 0 Å². The molecule has 3 aromatic carbocycles. The van der Waals surface area contributed by atoms with E-state index in [1.54, 1.807) is 24.5 Å². The number of rotatable bonds is 6. The summed E-state index contributed by atoms with van der Waals surface area (Å²) in [7, 11) is 1.60. The summed E-state index contributed by atoms with van der Waals surface area (Å²) in [6, 6.07) is 22.4. The molecule has 4 rings (SSSR count). The van der Waals surface area contributed by atoms with Gasteiger partial charge in [-0.3, -0.25) is 4.79 Å². The molecule has 1 amide bonds. The monoisotopic (exact) mass is 403 g/mol. The molecule has 0 aliphatic heterocycles. The molecule has 0 saturated heterocycles. The molecule has 4 aromatic rings. The zero-order chi connectivity index (χ0) is 20.2. The van der Waals surface area contributed by atoms with E-state index in [1.807, 2.05) is 73.7 Å². The highest BCUT2D eigenvalue weighted by Crippen LogP contribution is 2.28. The van der Waals surface area contributed by atoms with Crippen molar-refractivity contribution >= 4 is 38.8 Å². The molecule has 0 aliphatic rings. The number of nitrogens with zero attached hydrogens (tertiary/aromatic N) is 1. The number of methoxy groups -OCH3 is 1. The number of benzene rings is 3. The maximum atomic E-state index is 13.2. The van der Waals surface area contributed by atoms with Gasteiger partial charge in [0.15, 0.2) is 0 Å². The van der Waals surface area contributed by atoms with Crippen LogP contribution in [0.2, 0.25) is 0 Å². The van der Waals surface area contributed by atoms with Crippen LogP contribution < -0.4 is 15.4 Å². The zero-order valence-corrected chi connectivity index (χ0v) is 17.0. The molecular formula is C23H21N3O2S. The van der Waals surface area contributed by atoms with Crippen LogP contribution in [0.25, 0.3) is 10.2 Å². The Labute approximate surface area is 173 Å². The van der Waals surface area contributed by atoms with Crippen molar-refractivity contribution in [3.63, 3.8) is 0 Å². The number of aryl methyl sites for hydroxylation is 1. The minimum atomic E-state index is -0.547. The molecule has 0 aliphatic carbocycles. The quantitative estimate of drug-likeness (QED) is 0.452. The van der Waals surface area contributed by atoms with Gasteiger partial charge < -0.3 is 15.4 Å². The number of fused-ring (bicyclic) bond motifs is 1. The number of hydrogen-bond donors (Lipinski definition) is 2. The van der Waals surface area contributed by atoms with Crippen LogP contribution in [0.3, 0.4) is 0 Å². The van der Waals surface area contributed by atoms with Gasteiger partial charge in [0, 0.05) is 17.4 Å². The largest absolute Gasteiger partial charge is 0.497 e. The van der Waals surface area contributed by atoms with Crippen LogP contribution in [0.5, 0.6) is 5.75 Å². The number of amides is 1. The third kappa shape index (κ3) is 4.38. The maximum Gasteiger partial charge on any atom is 0.251 e. The van der Waals surface area contributed by atoms with E-state index in [0.717, 1.165) is 26.5 Å². The van der Waals surface area contributed by atoms with Crippen molar-refractivity contribution in [2.24, 2.45) is 0 Å². The van der Waals surface area contributed by atoms with Gasteiger partial charge in [-0.15, -0.1) is 11.3 Å². The van der Waals surface area contributed by atoms with Gasteiger partial charge in [-0.2, -0.15) is 0 Å². The lowest BCUT2D eigenvalue weighted by atomic mass is 10.1. The van der Waals surface area contributed by atoms with Gasteiger partial charge >= 0.3 is 0 Å². The first-order chi connectivity index (χ1) is 14.1. The van der Waals surface area contributed by atoms with Crippen molar-refractivity contribution in [2.75, 3.05) is 17.7 Å². The van der Waals surface area contributed by atoms with Gasteiger partial charge in [0.05, 0.1) is 22.3 Å². The number of anilines is 2. The average Bonchev–Trinajstić information content (AvgIpc) is 3.12. The molecule has 0 saturated carbocycles. The Hall–Kier alpha value is -3.38. The first-order valence-corrected chi connectivity index (χ1v) is 10.1. The van der Waals surface area contributed by atoms with Crippen molar-refractivity contribution in [2.45, 2.75) is 13.0 Å². The van der Waals surface area contributed by atoms with E-state index in [-0.39, 0.29) is 5.91 Å². The van der Waals surface area contributed by atoms with E-state index in [0.29, 0.717) is 11.4 Å². The highest BCUT2D eigenvalue weighted by molar-refractivity contribution is 7.18. The van der Waals surface area contributed by atoms with E-state index in [2.05, 4.69) is 15.6 Å². The molecule has 2 N–H and O–H groups in total. The van der Waals surface area contributed by atoms with Crippen molar-refractivity contribution < 1.29 is 9.53 Å². The first-order valence-electron chi connectivity index (χ1n) is 9.26. The molecule has 1 atom stereocenters. The van der Waals surface area contributed by atoms with Gasteiger partial charge in [-0.05, 0) is 42.8 Å². The van der Waals surface area contributed by atoms with Crippen LogP contribution in [0.1, 0.15) is 16.6 Å². The number of carbonyl (C=O) groups is 1. The summed E-state index contributed by atoms with van der Waals surface area (Å²) in [4.78, 5) is 17.7. The van der Waals surface area contributed by atoms with E-state index in [9.17, 15) is 4.79 Å². The molecular weight excluding hydrogens is 382 g/mol. The van der Waals surface area contributed by atoms with Crippen molar-refractivity contribution in [1.29, 1.82) is 0 Å². The summed E-state index contributed by atoms with van der Waals surface area (Å²) in [6.45, 7) is 1.99. The number of carbonyl (C=O) groups excluding carboxylic acids is 1. The molecule has 0 spiro atoms. The number of nitrogens with one attached hydrogen (secondary N) is 2. The van der Waals surface area contributed by atoms with Gasteiger partial charge in [0.25, 0.3) is 5.91 Å². The number of hydrogen-bond acceptors (Lipinski definition) is 5. The topological polar surface area (TPSA) is 63.2 Å². The van der Waals surface area contributed by atoms with Gasteiger partial charge in [0.1, 0.15) is 11.8 Å². The highest BCUT2D eigenvalue weighted by atomic mass is 32.1. The third-order valence-electron chi connectivity index (χ3n) is 4.54. The maximum absolute atomic E-state index is 13.2. The predicted octanol–water partition coefficient (Wildman–Crippen LogP) is 5.41. The zero-order valence-electron chi connectivity index (χ0n) is 16.2. The number of aromatic nitrogens is 1. The second kappa shape index (κ2) is 8.32. The summed E-state index contributed by atoms with van der Waals surface area (Å²) in [5, 5.41) is 7.39. The van der Waals surface area contributed by atoms with Gasteiger partial charge in [-0.25, -0.2) is 4.98 Å². The Kier molecular flexibility index (Phi) is 5.44. The minimum absolute atomic E-state index is 0.148. The highest BCUT2D eigenvalue weighted by Gasteiger charge is 2.21. The Balaban J connectivity index is 1.62. The normalized spacial score (nSPS) is 11.8. The Morgan fingerprint density at radius 1 is 1.00 bits per heavy atom. The van der Waals surface area contributed by atoms with Crippen molar-refractivity contribution in [1.82, 2.24) is 4.98 Å². The summed E-state index contributed by atoms with van der Waals surface area (Å²) in [6.07, 6.45) is 0. The lowest BCUT2D eigenvalue weighted by molar-refractivity contribution is -0.117. The lowest BCUT2D eigenvalue weighted by Crippen LogP contribution is -2.27. The number of thiazole rings is 1. The standard InChI is InChI=1S/C23H21N3O2S/c1-15-24-20-12-11-18(14-21(20)29-15)25-22(16-7-4-3-5-8-16)23(27)26-17-9-6-10-19(13-17)28-2/h3-14,22,25H,1-2H3,(H,26,27)/t22-/m1/s1. The second-order valence-corrected chi connectivity index (χ2v) is 7.86. The fraction of sp³-hybridized carbons (Fsp3) is 0.130. The van der Waals surface area contributed by atoms with Crippen LogP contribution in [-0.2, 0) is 4.79 Å². The molecule has 146 valence electrons. The molecule has 0 fully saturated rings. The SMILES string of the molecule is COc1cccc(NC(=O)[C@H](Nc2ccc3nc(C)sc3c2)c2ccccc2)c1. The lowest BCUT2D eigenvalue weighted by Gasteiger charge is -2.20. The fourth-order valence-electron chi connectivity index (χ4n) is 3.16. The summed E-state index contributed by atoms with van der Waals surface area (Å²) >= 11 is 1.64. The van der Waals surface area contributed by atoms with Crippen molar-refractivity contribution in [3.8, 4) is 5.75 Å². The van der Waals surface area contributed by atoms with Gasteiger partial charge in [0.2, 0.25) is 0 Å². The summed E-state index contributed by atoms with van der Waals surface area (Å²) in [5.74, 6) is 0.545. The first kappa shape index (κ1) is 19.0. The Morgan fingerprint density at radius 3 is 2.62 bits per heavy atom. The molecule has 5 nitrogen and oxygen atoms in total. The Bertz CT molecular complexity index is 1140. The molecule has 0 radical (unpaired) electrons. The van der Waals surface area contributed by atoms with Gasteiger partial charge in [-0.1, -0.05) is 36.4 Å². The smallest absolute Gasteiger partial charge is 0.251 e. The van der Waals surface area contributed by atoms with E-state index < -0.39 is 6.04 Å². The molecule has 29 heavy (non-hydrogen) atoms. The summed E-state index contributed by atoms with van der Waals surface area (Å²) in [5.41, 5.74) is 3.41. The van der Waals surface area contributed by atoms with Crippen LogP contribution >= 0.6 is 11.3 Å².